The predicted octanol–water partition coefficient (Wildman–Crippen LogP) is 1.81. The van der Waals surface area contributed by atoms with Gasteiger partial charge in [0.1, 0.15) is 0 Å². The third-order valence-electron chi connectivity index (χ3n) is 2.38. The van der Waals surface area contributed by atoms with Gasteiger partial charge in [-0.2, -0.15) is 0 Å². The van der Waals surface area contributed by atoms with Crippen molar-refractivity contribution in [1.82, 2.24) is 0 Å². The first-order chi connectivity index (χ1) is 5.77. The molecule has 2 rings (SSSR count). The smallest absolute Gasteiger partial charge is 0.0388 e. The van der Waals surface area contributed by atoms with E-state index in [4.69, 9.17) is 5.73 Å². The largest absolute Gasteiger partial charge is 0.385 e. The number of fused-ring (bicyclic) bond motifs is 1. The minimum atomic E-state index is 0.223. The lowest BCUT2D eigenvalue weighted by Crippen LogP contribution is -2.22. The van der Waals surface area contributed by atoms with E-state index in [9.17, 15) is 0 Å². The van der Waals surface area contributed by atoms with Gasteiger partial charge >= 0.3 is 0 Å². The number of hydrogen-bond donors (Lipinski definition) is 2. The van der Waals surface area contributed by atoms with Crippen molar-refractivity contribution in [3.8, 4) is 0 Å². The lowest BCUT2D eigenvalue weighted by molar-refractivity contribution is 0.654. The molecule has 1 atom stereocenters. The van der Waals surface area contributed by atoms with Crippen LogP contribution in [0.2, 0.25) is 0 Å². The highest BCUT2D eigenvalue weighted by atomic mass is 14.9. The molecule has 1 unspecified atom stereocenters. The summed E-state index contributed by atoms with van der Waals surface area (Å²) in [5.74, 6) is 0. The molecule has 1 aromatic carbocycles. The summed E-state index contributed by atoms with van der Waals surface area (Å²) in [5, 5.41) is 3.34. The first-order valence-electron chi connectivity index (χ1n) is 4.37. The Morgan fingerprint density at radius 1 is 1.50 bits per heavy atom. The molecule has 1 heterocycles. The van der Waals surface area contributed by atoms with Crippen LogP contribution in [0.15, 0.2) is 18.2 Å². The molecule has 0 saturated carbocycles. The normalized spacial score (nSPS) is 21.3. The van der Waals surface area contributed by atoms with E-state index in [0.717, 1.165) is 13.0 Å². The van der Waals surface area contributed by atoms with Crippen molar-refractivity contribution in [2.75, 3.05) is 11.9 Å². The summed E-state index contributed by atoms with van der Waals surface area (Å²) in [6.07, 6.45) is 1.04. The Hall–Kier alpha value is -1.02. The highest BCUT2D eigenvalue weighted by Gasteiger charge is 2.15. The molecular formula is C10H14N2. The second-order valence-corrected chi connectivity index (χ2v) is 3.41. The lowest BCUT2D eigenvalue weighted by Gasteiger charge is -2.23. The van der Waals surface area contributed by atoms with Gasteiger partial charge in [-0.05, 0) is 25.0 Å². The van der Waals surface area contributed by atoms with Crippen molar-refractivity contribution < 1.29 is 0 Å². The summed E-state index contributed by atoms with van der Waals surface area (Å²) < 4.78 is 0. The van der Waals surface area contributed by atoms with E-state index in [1.54, 1.807) is 0 Å². The molecule has 64 valence electrons. The third kappa shape index (κ3) is 1.18. The summed E-state index contributed by atoms with van der Waals surface area (Å²) >= 11 is 0. The van der Waals surface area contributed by atoms with Crippen molar-refractivity contribution in [3.63, 3.8) is 0 Å². The Balaban J connectivity index is 2.47. The predicted molar refractivity (Wildman–Crippen MR) is 51.2 cm³/mol. The molecule has 0 fully saturated rings. The number of anilines is 1. The van der Waals surface area contributed by atoms with Crippen LogP contribution in [0.1, 0.15) is 23.6 Å². The van der Waals surface area contributed by atoms with Crippen LogP contribution < -0.4 is 11.1 Å². The van der Waals surface area contributed by atoms with Crippen molar-refractivity contribution in [2.24, 2.45) is 5.73 Å². The van der Waals surface area contributed by atoms with Gasteiger partial charge in [0.2, 0.25) is 0 Å². The zero-order valence-electron chi connectivity index (χ0n) is 7.30. The topological polar surface area (TPSA) is 38.0 Å². The molecule has 2 nitrogen and oxygen atoms in total. The summed E-state index contributed by atoms with van der Waals surface area (Å²) in [4.78, 5) is 0. The van der Waals surface area contributed by atoms with Crippen LogP contribution in [0.3, 0.4) is 0 Å². The number of nitrogens with two attached hydrogens (primary N) is 1. The maximum atomic E-state index is 5.98. The highest BCUT2D eigenvalue weighted by Crippen LogP contribution is 2.28. The number of benzene rings is 1. The van der Waals surface area contributed by atoms with Crippen LogP contribution in [-0.4, -0.2) is 6.54 Å². The van der Waals surface area contributed by atoms with E-state index < -0.39 is 0 Å². The molecule has 1 aromatic rings. The van der Waals surface area contributed by atoms with E-state index >= 15 is 0 Å². The number of rotatable bonds is 0. The molecule has 1 aliphatic heterocycles. The molecule has 0 amide bonds. The zero-order valence-corrected chi connectivity index (χ0v) is 7.30. The van der Waals surface area contributed by atoms with Gasteiger partial charge in [-0.15, -0.1) is 0 Å². The second kappa shape index (κ2) is 2.79. The van der Waals surface area contributed by atoms with Gasteiger partial charge in [-0.1, -0.05) is 17.7 Å². The lowest BCUT2D eigenvalue weighted by atomic mass is 9.97. The first kappa shape index (κ1) is 7.62. The fraction of sp³-hybridized carbons (Fsp3) is 0.400. The van der Waals surface area contributed by atoms with Gasteiger partial charge in [-0.25, -0.2) is 0 Å². The Morgan fingerprint density at radius 3 is 3.17 bits per heavy atom. The minimum absolute atomic E-state index is 0.223. The minimum Gasteiger partial charge on any atom is -0.385 e. The summed E-state index contributed by atoms with van der Waals surface area (Å²) in [7, 11) is 0. The van der Waals surface area contributed by atoms with Crippen LogP contribution in [0.4, 0.5) is 5.69 Å². The first-order valence-corrected chi connectivity index (χ1v) is 4.37. The van der Waals surface area contributed by atoms with Crippen LogP contribution >= 0.6 is 0 Å². The highest BCUT2D eigenvalue weighted by molar-refractivity contribution is 5.55. The van der Waals surface area contributed by atoms with Gasteiger partial charge in [-0.3, -0.25) is 0 Å². The average molecular weight is 162 g/mol. The molecule has 0 radical (unpaired) electrons. The molecule has 0 saturated heterocycles. The maximum Gasteiger partial charge on any atom is 0.0388 e. The summed E-state index contributed by atoms with van der Waals surface area (Å²) in [5.41, 5.74) is 9.73. The van der Waals surface area contributed by atoms with E-state index in [0.29, 0.717) is 0 Å². The average Bonchev–Trinajstić information content (AvgIpc) is 2.07. The molecule has 1 aliphatic rings. The van der Waals surface area contributed by atoms with Crippen LogP contribution in [0.25, 0.3) is 0 Å². The van der Waals surface area contributed by atoms with Crippen LogP contribution in [0.5, 0.6) is 0 Å². The van der Waals surface area contributed by atoms with E-state index in [1.165, 1.54) is 16.8 Å². The molecular weight excluding hydrogens is 148 g/mol. The molecule has 0 aliphatic carbocycles. The Kier molecular flexibility index (Phi) is 1.77. The van der Waals surface area contributed by atoms with Crippen LogP contribution in [0, 0.1) is 6.92 Å². The molecule has 2 heteroatoms. The second-order valence-electron chi connectivity index (χ2n) is 3.41. The van der Waals surface area contributed by atoms with E-state index in [1.807, 2.05) is 0 Å². The van der Waals surface area contributed by atoms with Gasteiger partial charge in [0, 0.05) is 18.3 Å². The fourth-order valence-corrected chi connectivity index (χ4v) is 1.67. The van der Waals surface area contributed by atoms with Gasteiger partial charge in [0.25, 0.3) is 0 Å². The Labute approximate surface area is 72.8 Å². The van der Waals surface area contributed by atoms with Gasteiger partial charge in [0.15, 0.2) is 0 Å². The number of nitrogens with one attached hydrogen (secondary N) is 1. The molecule has 3 N–H and O–H groups in total. The molecule has 0 bridgehead atoms. The standard InChI is InChI=1S/C10H14N2/c1-7-2-3-10-8(6-7)9(11)4-5-12-10/h2-3,6,9,12H,4-5,11H2,1H3. The van der Waals surface area contributed by atoms with Crippen molar-refractivity contribution in [3.05, 3.63) is 29.3 Å². The summed E-state index contributed by atoms with van der Waals surface area (Å²) in [6, 6.07) is 6.63. The van der Waals surface area contributed by atoms with Gasteiger partial charge in [0.05, 0.1) is 0 Å². The van der Waals surface area contributed by atoms with E-state index in [-0.39, 0.29) is 6.04 Å². The van der Waals surface area contributed by atoms with Crippen LogP contribution in [-0.2, 0) is 0 Å². The fourth-order valence-electron chi connectivity index (χ4n) is 1.67. The number of hydrogen-bond acceptors (Lipinski definition) is 2. The Morgan fingerprint density at radius 2 is 2.33 bits per heavy atom. The van der Waals surface area contributed by atoms with Crippen molar-refractivity contribution in [1.29, 1.82) is 0 Å². The molecule has 12 heavy (non-hydrogen) atoms. The maximum absolute atomic E-state index is 5.98. The van der Waals surface area contributed by atoms with Crippen molar-refractivity contribution in [2.45, 2.75) is 19.4 Å². The Bertz CT molecular complexity index is 294. The summed E-state index contributed by atoms with van der Waals surface area (Å²) in [6.45, 7) is 3.10. The zero-order chi connectivity index (χ0) is 8.55. The SMILES string of the molecule is Cc1ccc2c(c1)C(N)CCN2. The third-order valence-corrected chi connectivity index (χ3v) is 2.38. The van der Waals surface area contributed by atoms with Gasteiger partial charge < -0.3 is 11.1 Å². The number of aryl methyl sites for hydroxylation is 1. The van der Waals surface area contributed by atoms with Crippen molar-refractivity contribution >= 4 is 5.69 Å². The monoisotopic (exact) mass is 162 g/mol. The van der Waals surface area contributed by atoms with E-state index in [2.05, 4.69) is 30.4 Å². The molecule has 0 aromatic heterocycles. The molecule has 0 spiro atoms. The quantitative estimate of drug-likeness (QED) is 0.610.